The predicted molar refractivity (Wildman–Crippen MR) is 74.0 cm³/mol. The highest BCUT2D eigenvalue weighted by Crippen LogP contribution is 2.27. The molecule has 2 rings (SSSR count). The molecule has 0 aliphatic carbocycles. The van der Waals surface area contributed by atoms with Crippen molar-refractivity contribution < 1.29 is 4.79 Å². The zero-order valence-corrected chi connectivity index (χ0v) is 11.4. The first kappa shape index (κ1) is 12.9. The summed E-state index contributed by atoms with van der Waals surface area (Å²) in [7, 11) is 0. The van der Waals surface area contributed by atoms with Gasteiger partial charge < -0.3 is 10.6 Å². The van der Waals surface area contributed by atoms with Crippen LogP contribution in [0.1, 0.15) is 31.4 Å². The summed E-state index contributed by atoms with van der Waals surface area (Å²) in [5, 5.41) is 0. The maximum Gasteiger partial charge on any atom is 0.223 e. The molecular weight excluding hydrogens is 224 g/mol. The lowest BCUT2D eigenvalue weighted by Crippen LogP contribution is -2.25. The fourth-order valence-electron chi connectivity index (χ4n) is 2.48. The van der Waals surface area contributed by atoms with Crippen LogP contribution in [0.4, 0.5) is 5.69 Å². The first-order valence-electron chi connectivity index (χ1n) is 6.60. The monoisotopic (exact) mass is 246 g/mol. The topological polar surface area (TPSA) is 46.3 Å². The molecular formula is C15H22N2O. The van der Waals surface area contributed by atoms with Crippen LogP contribution in [-0.4, -0.2) is 17.4 Å². The lowest BCUT2D eigenvalue weighted by Gasteiger charge is -2.19. The summed E-state index contributed by atoms with van der Waals surface area (Å²) in [6, 6.07) is 5.92. The zero-order chi connectivity index (χ0) is 13.3. The fraction of sp³-hybridized carbons (Fsp3) is 0.533. The molecule has 0 radical (unpaired) electrons. The van der Waals surface area contributed by atoms with E-state index < -0.39 is 0 Å². The first-order valence-corrected chi connectivity index (χ1v) is 6.60. The number of carbonyl (C=O) groups excluding carboxylic acids is 1. The molecule has 1 saturated heterocycles. The number of anilines is 1. The number of hydrogen-bond donors (Lipinski definition) is 1. The van der Waals surface area contributed by atoms with Gasteiger partial charge in [-0.05, 0) is 36.0 Å². The minimum absolute atomic E-state index is 0.274. The van der Waals surface area contributed by atoms with Crippen molar-refractivity contribution in [1.29, 1.82) is 0 Å². The molecule has 1 fully saturated rings. The van der Waals surface area contributed by atoms with Gasteiger partial charge in [-0.3, -0.25) is 4.79 Å². The lowest BCUT2D eigenvalue weighted by atomic mass is 9.95. The molecule has 2 N–H and O–H groups in total. The number of nitrogens with zero attached hydrogens (tertiary/aromatic N) is 1. The van der Waals surface area contributed by atoms with E-state index in [1.807, 2.05) is 24.0 Å². The number of hydrogen-bond acceptors (Lipinski definition) is 2. The Bertz CT molecular complexity index is 454. The summed E-state index contributed by atoms with van der Waals surface area (Å²) in [5.74, 6) is 1.34. The maximum absolute atomic E-state index is 12.0. The molecule has 0 saturated carbocycles. The predicted octanol–water partition coefficient (Wildman–Crippen LogP) is 2.58. The number of benzene rings is 1. The Morgan fingerprint density at radius 3 is 2.78 bits per heavy atom. The van der Waals surface area contributed by atoms with Crippen LogP contribution in [0.15, 0.2) is 18.2 Å². The van der Waals surface area contributed by atoms with Gasteiger partial charge in [0.2, 0.25) is 5.91 Å². The molecule has 1 aromatic carbocycles. The van der Waals surface area contributed by atoms with Gasteiger partial charge >= 0.3 is 0 Å². The molecule has 1 heterocycles. The van der Waals surface area contributed by atoms with E-state index in [2.05, 4.69) is 19.9 Å². The average Bonchev–Trinajstić information content (AvgIpc) is 2.67. The summed E-state index contributed by atoms with van der Waals surface area (Å²) in [4.78, 5) is 13.9. The Labute approximate surface area is 109 Å². The second kappa shape index (κ2) is 5.01. The summed E-state index contributed by atoms with van der Waals surface area (Å²) >= 11 is 0. The lowest BCUT2D eigenvalue weighted by molar-refractivity contribution is -0.128. The Hall–Kier alpha value is -1.51. The van der Waals surface area contributed by atoms with Gasteiger partial charge in [-0.2, -0.15) is 0 Å². The molecule has 0 bridgehead atoms. The molecule has 18 heavy (non-hydrogen) atoms. The normalized spacial score (nSPS) is 19.9. The number of nitrogens with two attached hydrogens (primary N) is 1. The number of likely N-dealkylation sites (tertiary alicyclic amines) is 1. The highest BCUT2D eigenvalue weighted by molar-refractivity contribution is 5.78. The van der Waals surface area contributed by atoms with Crippen molar-refractivity contribution in [1.82, 2.24) is 4.90 Å². The molecule has 0 aromatic heterocycles. The van der Waals surface area contributed by atoms with Gasteiger partial charge in [-0.15, -0.1) is 0 Å². The van der Waals surface area contributed by atoms with E-state index in [-0.39, 0.29) is 5.91 Å². The third-order valence-electron chi connectivity index (χ3n) is 4.04. The van der Waals surface area contributed by atoms with E-state index in [9.17, 15) is 4.79 Å². The van der Waals surface area contributed by atoms with Crippen LogP contribution < -0.4 is 5.73 Å². The molecule has 1 amide bonds. The van der Waals surface area contributed by atoms with Gasteiger partial charge in [-0.1, -0.05) is 26.0 Å². The van der Waals surface area contributed by atoms with Crippen LogP contribution in [0.25, 0.3) is 0 Å². The number of rotatable bonds is 3. The molecule has 1 aromatic rings. The molecule has 1 aliphatic heterocycles. The van der Waals surface area contributed by atoms with Crippen molar-refractivity contribution in [3.05, 3.63) is 29.3 Å². The minimum Gasteiger partial charge on any atom is -0.399 e. The molecule has 98 valence electrons. The zero-order valence-electron chi connectivity index (χ0n) is 11.4. The minimum atomic E-state index is 0.274. The first-order chi connectivity index (χ1) is 8.49. The molecule has 3 nitrogen and oxygen atoms in total. The third kappa shape index (κ3) is 2.50. The van der Waals surface area contributed by atoms with Crippen molar-refractivity contribution in [3.8, 4) is 0 Å². The van der Waals surface area contributed by atoms with Crippen LogP contribution in [-0.2, 0) is 11.3 Å². The maximum atomic E-state index is 12.0. The molecule has 1 aliphatic rings. The van der Waals surface area contributed by atoms with E-state index in [4.69, 9.17) is 5.73 Å². The Morgan fingerprint density at radius 2 is 2.17 bits per heavy atom. The van der Waals surface area contributed by atoms with Gasteiger partial charge in [0.25, 0.3) is 0 Å². The van der Waals surface area contributed by atoms with E-state index in [1.54, 1.807) is 0 Å². The van der Waals surface area contributed by atoms with E-state index >= 15 is 0 Å². The van der Waals surface area contributed by atoms with Crippen LogP contribution in [0, 0.1) is 18.8 Å². The summed E-state index contributed by atoms with van der Waals surface area (Å²) in [5.41, 5.74) is 8.96. The van der Waals surface area contributed by atoms with Gasteiger partial charge in [0.15, 0.2) is 0 Å². The van der Waals surface area contributed by atoms with Gasteiger partial charge in [0.1, 0.15) is 0 Å². The Balaban J connectivity index is 2.10. The largest absolute Gasteiger partial charge is 0.399 e. The van der Waals surface area contributed by atoms with Gasteiger partial charge in [0.05, 0.1) is 0 Å². The second-order valence-corrected chi connectivity index (χ2v) is 5.61. The van der Waals surface area contributed by atoms with Crippen LogP contribution >= 0.6 is 0 Å². The number of amides is 1. The number of carbonyl (C=O) groups is 1. The quantitative estimate of drug-likeness (QED) is 0.833. The third-order valence-corrected chi connectivity index (χ3v) is 4.04. The van der Waals surface area contributed by atoms with Gasteiger partial charge in [-0.25, -0.2) is 0 Å². The summed E-state index contributed by atoms with van der Waals surface area (Å²) in [6.45, 7) is 7.97. The molecule has 1 atom stereocenters. The van der Waals surface area contributed by atoms with Crippen molar-refractivity contribution in [2.24, 2.45) is 11.8 Å². The van der Waals surface area contributed by atoms with Crippen LogP contribution in [0.2, 0.25) is 0 Å². The van der Waals surface area contributed by atoms with Crippen molar-refractivity contribution >= 4 is 11.6 Å². The Morgan fingerprint density at radius 1 is 1.44 bits per heavy atom. The van der Waals surface area contributed by atoms with E-state index in [0.29, 0.717) is 24.8 Å². The highest BCUT2D eigenvalue weighted by atomic mass is 16.2. The summed E-state index contributed by atoms with van der Waals surface area (Å²) in [6.07, 6.45) is 0.693. The molecule has 1 unspecified atom stereocenters. The van der Waals surface area contributed by atoms with Gasteiger partial charge in [0, 0.05) is 25.2 Å². The molecule has 0 spiro atoms. The van der Waals surface area contributed by atoms with Crippen LogP contribution in [0.3, 0.4) is 0 Å². The van der Waals surface area contributed by atoms with Crippen molar-refractivity contribution in [2.45, 2.75) is 33.7 Å². The summed E-state index contributed by atoms with van der Waals surface area (Å²) < 4.78 is 0. The highest BCUT2D eigenvalue weighted by Gasteiger charge is 2.31. The van der Waals surface area contributed by atoms with Crippen molar-refractivity contribution in [2.75, 3.05) is 12.3 Å². The smallest absolute Gasteiger partial charge is 0.223 e. The fourth-order valence-corrected chi connectivity index (χ4v) is 2.48. The second-order valence-electron chi connectivity index (χ2n) is 5.61. The molecule has 3 heteroatoms. The Kier molecular flexibility index (Phi) is 3.60. The standard InChI is InChI=1S/C15H22N2O/c1-10(2)13-7-15(18)17(9-13)8-12-5-4-6-14(16)11(12)3/h4-6,10,13H,7-9,16H2,1-3H3. The van der Waals surface area contributed by atoms with E-state index in [1.165, 1.54) is 0 Å². The van der Waals surface area contributed by atoms with Crippen molar-refractivity contribution in [3.63, 3.8) is 0 Å². The van der Waals surface area contributed by atoms with Crippen LogP contribution in [0.5, 0.6) is 0 Å². The SMILES string of the molecule is Cc1c(N)cccc1CN1CC(C(C)C)CC1=O. The average molecular weight is 246 g/mol. The van der Waals surface area contributed by atoms with E-state index in [0.717, 1.165) is 23.4 Å². The number of nitrogen functional groups attached to an aromatic ring is 1.